The molecule has 2 heterocycles. The van der Waals surface area contributed by atoms with Gasteiger partial charge in [0.1, 0.15) is 0 Å². The van der Waals surface area contributed by atoms with Gasteiger partial charge in [0.2, 0.25) is 0 Å². The average Bonchev–Trinajstić information content (AvgIpc) is 3.31. The topological polar surface area (TPSA) is 72.4 Å². The molecule has 4 rings (SSSR count). The van der Waals surface area contributed by atoms with E-state index in [-0.39, 0.29) is 11.4 Å². The van der Waals surface area contributed by atoms with Gasteiger partial charge in [-0.25, -0.2) is 4.79 Å². The van der Waals surface area contributed by atoms with Gasteiger partial charge in [0.05, 0.1) is 28.3 Å². The highest BCUT2D eigenvalue weighted by Gasteiger charge is 2.27. The zero-order chi connectivity index (χ0) is 24.4. The Labute approximate surface area is 208 Å². The molecular formula is C26H26ClN3O3S. The van der Waals surface area contributed by atoms with Gasteiger partial charge in [-0.05, 0) is 73.9 Å². The number of anilines is 1. The molecule has 0 radical (unpaired) electrons. The molecule has 1 atom stereocenters. The third-order valence-corrected chi connectivity index (χ3v) is 7.10. The Morgan fingerprint density at radius 2 is 1.94 bits per heavy atom. The largest absolute Gasteiger partial charge is 0.465 e. The quantitative estimate of drug-likeness (QED) is 0.339. The molecule has 1 aromatic heterocycles. The van der Waals surface area contributed by atoms with E-state index in [1.807, 2.05) is 42.7 Å². The molecule has 0 saturated carbocycles. The SMILES string of the molecule is CCc1ccc(N[C@H]2NC(=O)/C(=C/c3cc(C)n(-c4cc(C(=O)OC)ccc4Cl)c3C)S2)cc1. The highest BCUT2D eigenvalue weighted by atomic mass is 35.5. The lowest BCUT2D eigenvalue weighted by Crippen LogP contribution is -2.30. The fourth-order valence-electron chi connectivity index (χ4n) is 3.93. The van der Waals surface area contributed by atoms with Crippen molar-refractivity contribution < 1.29 is 14.3 Å². The first-order valence-corrected chi connectivity index (χ1v) is 12.2. The molecule has 34 heavy (non-hydrogen) atoms. The number of amides is 1. The fraction of sp³-hybridized carbons (Fsp3) is 0.231. The van der Waals surface area contributed by atoms with E-state index in [0.717, 1.165) is 29.1 Å². The maximum Gasteiger partial charge on any atom is 0.337 e. The monoisotopic (exact) mass is 495 g/mol. The molecule has 2 N–H and O–H groups in total. The van der Waals surface area contributed by atoms with Crippen LogP contribution in [0.3, 0.4) is 0 Å². The Hall–Kier alpha value is -3.16. The molecule has 3 aromatic rings. The Balaban J connectivity index is 1.59. The molecule has 1 aliphatic rings. The number of hydrogen-bond donors (Lipinski definition) is 2. The summed E-state index contributed by atoms with van der Waals surface area (Å²) in [6, 6.07) is 15.2. The Kier molecular flexibility index (Phi) is 7.05. The van der Waals surface area contributed by atoms with E-state index in [9.17, 15) is 9.59 Å². The van der Waals surface area contributed by atoms with Crippen molar-refractivity contribution in [2.75, 3.05) is 12.4 Å². The first-order chi connectivity index (χ1) is 16.3. The molecule has 0 aliphatic carbocycles. The summed E-state index contributed by atoms with van der Waals surface area (Å²) in [6.07, 6.45) is 2.87. The highest BCUT2D eigenvalue weighted by molar-refractivity contribution is 8.05. The number of hydrogen-bond acceptors (Lipinski definition) is 5. The van der Waals surface area contributed by atoms with E-state index in [1.54, 1.807) is 18.2 Å². The van der Waals surface area contributed by atoms with Crippen LogP contribution in [0.25, 0.3) is 11.8 Å². The second kappa shape index (κ2) is 9.99. The summed E-state index contributed by atoms with van der Waals surface area (Å²) in [6.45, 7) is 6.04. The summed E-state index contributed by atoms with van der Waals surface area (Å²) in [5, 5.41) is 6.84. The fourth-order valence-corrected chi connectivity index (χ4v) is 5.11. The van der Waals surface area contributed by atoms with Gasteiger partial charge in [0, 0.05) is 17.1 Å². The molecule has 0 unspecified atom stereocenters. The summed E-state index contributed by atoms with van der Waals surface area (Å²) < 4.78 is 6.82. The van der Waals surface area contributed by atoms with Crippen molar-refractivity contribution in [3.63, 3.8) is 0 Å². The number of nitrogens with one attached hydrogen (secondary N) is 2. The predicted molar refractivity (Wildman–Crippen MR) is 139 cm³/mol. The number of nitrogens with zero attached hydrogens (tertiary/aromatic N) is 1. The number of thioether (sulfide) groups is 1. The minimum absolute atomic E-state index is 0.122. The number of esters is 1. The van der Waals surface area contributed by atoms with E-state index in [4.69, 9.17) is 16.3 Å². The number of halogens is 1. The van der Waals surface area contributed by atoms with Crippen LogP contribution in [0.5, 0.6) is 0 Å². The molecule has 6 nitrogen and oxygen atoms in total. The van der Waals surface area contributed by atoms with Gasteiger partial charge >= 0.3 is 5.97 Å². The van der Waals surface area contributed by atoms with Crippen LogP contribution in [0.4, 0.5) is 5.69 Å². The molecule has 0 bridgehead atoms. The number of aromatic nitrogens is 1. The Morgan fingerprint density at radius 3 is 2.62 bits per heavy atom. The molecule has 1 aliphatic heterocycles. The second-order valence-electron chi connectivity index (χ2n) is 7.99. The van der Waals surface area contributed by atoms with Gasteiger partial charge in [-0.15, -0.1) is 0 Å². The number of carbonyl (C=O) groups excluding carboxylic acids is 2. The maximum atomic E-state index is 12.6. The van der Waals surface area contributed by atoms with Crippen molar-refractivity contribution >= 4 is 47.0 Å². The standard InChI is InChI=1S/C26H26ClN3O3S/c1-5-17-6-9-20(10-7-17)28-26-29-24(31)23(34-26)14-19-12-15(2)30(16(19)3)22-13-18(25(32)33-4)8-11-21(22)27/h6-14,26,28H,5H2,1-4H3,(H,29,31)/b23-14-/t26-/m0/s1. The molecule has 176 valence electrons. The van der Waals surface area contributed by atoms with Crippen molar-refractivity contribution in [3.05, 3.63) is 86.5 Å². The van der Waals surface area contributed by atoms with Crippen molar-refractivity contribution in [1.82, 2.24) is 9.88 Å². The number of methoxy groups -OCH3 is 1. The molecule has 1 fully saturated rings. The maximum absolute atomic E-state index is 12.6. The Bertz CT molecular complexity index is 1280. The van der Waals surface area contributed by atoms with Gasteiger partial charge in [0.25, 0.3) is 5.91 Å². The van der Waals surface area contributed by atoms with Crippen LogP contribution in [0, 0.1) is 13.8 Å². The van der Waals surface area contributed by atoms with E-state index in [2.05, 4.69) is 29.7 Å². The van der Waals surface area contributed by atoms with Crippen molar-refractivity contribution in [2.24, 2.45) is 0 Å². The van der Waals surface area contributed by atoms with Crippen molar-refractivity contribution in [3.8, 4) is 5.69 Å². The second-order valence-corrected chi connectivity index (χ2v) is 9.55. The third-order valence-electron chi connectivity index (χ3n) is 5.76. The molecule has 0 spiro atoms. The summed E-state index contributed by atoms with van der Waals surface area (Å²) in [5.41, 5.74) is 5.82. The van der Waals surface area contributed by atoms with E-state index < -0.39 is 5.97 Å². The highest BCUT2D eigenvalue weighted by Crippen LogP contribution is 2.33. The summed E-state index contributed by atoms with van der Waals surface area (Å²) in [4.78, 5) is 25.3. The van der Waals surface area contributed by atoms with Crippen LogP contribution in [-0.4, -0.2) is 29.1 Å². The average molecular weight is 496 g/mol. The van der Waals surface area contributed by atoms with Crippen molar-refractivity contribution in [2.45, 2.75) is 32.7 Å². The van der Waals surface area contributed by atoms with Gasteiger partial charge in [-0.1, -0.05) is 42.4 Å². The van der Waals surface area contributed by atoms with Crippen LogP contribution in [0.1, 0.15) is 39.8 Å². The lowest BCUT2D eigenvalue weighted by atomic mass is 10.1. The summed E-state index contributed by atoms with van der Waals surface area (Å²) in [7, 11) is 1.35. The first-order valence-electron chi connectivity index (χ1n) is 10.9. The van der Waals surface area contributed by atoms with Crippen LogP contribution < -0.4 is 10.6 Å². The number of ether oxygens (including phenoxy) is 1. The minimum Gasteiger partial charge on any atom is -0.465 e. The summed E-state index contributed by atoms with van der Waals surface area (Å²) >= 11 is 7.92. The van der Waals surface area contributed by atoms with Crippen LogP contribution in [-0.2, 0) is 16.0 Å². The third kappa shape index (κ3) is 4.86. The minimum atomic E-state index is -0.426. The van der Waals surface area contributed by atoms with Gasteiger partial charge in [0.15, 0.2) is 5.50 Å². The van der Waals surface area contributed by atoms with Gasteiger partial charge < -0.3 is 19.9 Å². The summed E-state index contributed by atoms with van der Waals surface area (Å²) in [5.74, 6) is -0.548. The number of carbonyl (C=O) groups is 2. The lowest BCUT2D eigenvalue weighted by molar-refractivity contribution is -0.116. The van der Waals surface area contributed by atoms with E-state index >= 15 is 0 Å². The predicted octanol–water partition coefficient (Wildman–Crippen LogP) is 5.70. The number of aryl methyl sites for hydroxylation is 2. The van der Waals surface area contributed by atoms with E-state index in [1.165, 1.54) is 24.4 Å². The lowest BCUT2D eigenvalue weighted by Gasteiger charge is -2.13. The molecule has 1 amide bonds. The van der Waals surface area contributed by atoms with Crippen LogP contribution in [0.2, 0.25) is 5.02 Å². The molecule has 8 heteroatoms. The van der Waals surface area contributed by atoms with Crippen LogP contribution >= 0.6 is 23.4 Å². The van der Waals surface area contributed by atoms with Gasteiger partial charge in [-0.3, -0.25) is 4.79 Å². The Morgan fingerprint density at radius 1 is 1.21 bits per heavy atom. The van der Waals surface area contributed by atoms with Crippen LogP contribution in [0.15, 0.2) is 53.4 Å². The normalized spacial score (nSPS) is 16.6. The molecule has 2 aromatic carbocycles. The zero-order valence-corrected chi connectivity index (χ0v) is 21.0. The number of benzene rings is 2. The van der Waals surface area contributed by atoms with Crippen molar-refractivity contribution in [1.29, 1.82) is 0 Å². The van der Waals surface area contributed by atoms with E-state index in [0.29, 0.717) is 21.2 Å². The zero-order valence-electron chi connectivity index (χ0n) is 19.4. The number of rotatable bonds is 6. The molecule has 1 saturated heterocycles. The molecular weight excluding hydrogens is 470 g/mol. The van der Waals surface area contributed by atoms with Gasteiger partial charge in [-0.2, -0.15) is 0 Å². The smallest absolute Gasteiger partial charge is 0.337 e. The first kappa shape index (κ1) is 24.0.